The number of benzene rings is 1. The lowest BCUT2D eigenvalue weighted by Crippen LogP contribution is -2.42. The van der Waals surface area contributed by atoms with Crippen LogP contribution in [0.3, 0.4) is 0 Å². The molecule has 128 valence electrons. The molecule has 1 aromatic rings. The first-order chi connectivity index (χ1) is 11.4. The number of rotatable bonds is 5. The van der Waals surface area contributed by atoms with Crippen LogP contribution in [-0.4, -0.2) is 36.2 Å². The molecular weight excluding hydrogens is 325 g/mol. The van der Waals surface area contributed by atoms with Crippen molar-refractivity contribution < 1.29 is 22.8 Å². The maximum atomic E-state index is 12.8. The van der Waals surface area contributed by atoms with Gasteiger partial charge in [0, 0.05) is 12.5 Å². The van der Waals surface area contributed by atoms with E-state index in [0.717, 1.165) is 6.07 Å². The molecule has 1 fully saturated rings. The van der Waals surface area contributed by atoms with Crippen LogP contribution in [0.25, 0.3) is 0 Å². The second kappa shape index (κ2) is 7.31. The predicted molar refractivity (Wildman–Crippen MR) is 78.4 cm³/mol. The van der Waals surface area contributed by atoms with Gasteiger partial charge in [-0.25, -0.2) is 5.43 Å². The van der Waals surface area contributed by atoms with Gasteiger partial charge in [-0.05, 0) is 18.6 Å². The highest BCUT2D eigenvalue weighted by atomic mass is 19.4. The second-order valence-electron chi connectivity index (χ2n) is 5.34. The number of hydrazine groups is 1. The second-order valence-corrected chi connectivity index (χ2v) is 5.34. The van der Waals surface area contributed by atoms with Gasteiger partial charge in [0.05, 0.1) is 23.9 Å². The third kappa shape index (κ3) is 4.02. The van der Waals surface area contributed by atoms with Gasteiger partial charge in [0.2, 0.25) is 5.91 Å². The number of alkyl halides is 3. The quantitative estimate of drug-likeness (QED) is 0.628. The van der Waals surface area contributed by atoms with E-state index < -0.39 is 29.6 Å². The third-order valence-electron chi connectivity index (χ3n) is 3.69. The van der Waals surface area contributed by atoms with Crippen LogP contribution in [0.2, 0.25) is 0 Å². The normalized spacial score (nSPS) is 20.5. The number of likely N-dealkylation sites (tertiary alicyclic amines) is 1. The molecule has 2 rings (SSSR count). The van der Waals surface area contributed by atoms with Crippen molar-refractivity contribution in [2.75, 3.05) is 18.5 Å². The van der Waals surface area contributed by atoms with Crippen LogP contribution < -0.4 is 10.9 Å². The molecule has 0 radical (unpaired) electrons. The Kier molecular flexibility index (Phi) is 5.41. The molecular formula is C15H15F3N4O2. The summed E-state index contributed by atoms with van der Waals surface area (Å²) in [5, 5.41) is 9.01. The smallest absolute Gasteiger partial charge is 0.325 e. The van der Waals surface area contributed by atoms with E-state index in [2.05, 4.69) is 10.9 Å². The number of anilines is 1. The molecule has 0 aromatic heterocycles. The Hall–Kier alpha value is -2.60. The van der Waals surface area contributed by atoms with Gasteiger partial charge < -0.3 is 15.1 Å². The third-order valence-corrected chi connectivity index (χ3v) is 3.69. The number of hydrogen-bond acceptors (Lipinski definition) is 5. The minimum absolute atomic E-state index is 0.140. The van der Waals surface area contributed by atoms with Crippen molar-refractivity contribution in [1.82, 2.24) is 10.3 Å². The van der Waals surface area contributed by atoms with Gasteiger partial charge in [-0.15, -0.1) is 0 Å². The van der Waals surface area contributed by atoms with Crippen molar-refractivity contribution in [2.45, 2.75) is 18.6 Å². The summed E-state index contributed by atoms with van der Waals surface area (Å²) in [4.78, 5) is 24.1. The molecule has 1 aromatic carbocycles. The van der Waals surface area contributed by atoms with Gasteiger partial charge in [-0.1, -0.05) is 12.1 Å². The van der Waals surface area contributed by atoms with Gasteiger partial charge in [-0.2, -0.15) is 18.4 Å². The minimum Gasteiger partial charge on any atom is -0.325 e. The maximum Gasteiger partial charge on any atom is 0.418 e. The molecule has 0 saturated carbocycles. The van der Waals surface area contributed by atoms with Crippen LogP contribution in [0.5, 0.6) is 0 Å². The lowest BCUT2D eigenvalue weighted by atomic mass is 10.1. The van der Waals surface area contributed by atoms with Crippen LogP contribution in [-0.2, 0) is 15.8 Å². The summed E-state index contributed by atoms with van der Waals surface area (Å²) < 4.78 is 38.5. The number of aldehydes is 1. The van der Waals surface area contributed by atoms with Crippen molar-refractivity contribution >= 4 is 17.9 Å². The van der Waals surface area contributed by atoms with E-state index in [1.54, 1.807) is 0 Å². The van der Waals surface area contributed by atoms with Crippen molar-refractivity contribution in [2.24, 2.45) is 5.92 Å². The lowest BCUT2D eigenvalue weighted by molar-refractivity contribution is -0.137. The van der Waals surface area contributed by atoms with E-state index in [-0.39, 0.29) is 25.2 Å². The van der Waals surface area contributed by atoms with Crippen molar-refractivity contribution in [3.05, 3.63) is 29.8 Å². The van der Waals surface area contributed by atoms with Gasteiger partial charge in [0.25, 0.3) is 0 Å². The first-order valence-electron chi connectivity index (χ1n) is 7.16. The number of hydrogen-bond donors (Lipinski definition) is 2. The Morgan fingerprint density at radius 1 is 1.42 bits per heavy atom. The molecule has 1 amide bonds. The summed E-state index contributed by atoms with van der Waals surface area (Å²) in [5.41, 5.74) is 3.73. The number of nitrogens with zero attached hydrogens (tertiary/aromatic N) is 2. The molecule has 0 aliphatic carbocycles. The summed E-state index contributed by atoms with van der Waals surface area (Å²) in [7, 11) is 0. The van der Waals surface area contributed by atoms with Crippen LogP contribution in [0.1, 0.15) is 12.0 Å². The number of nitriles is 1. The number of halogens is 3. The van der Waals surface area contributed by atoms with Gasteiger partial charge in [0.1, 0.15) is 12.3 Å². The average molecular weight is 340 g/mol. The van der Waals surface area contributed by atoms with E-state index in [4.69, 9.17) is 5.26 Å². The number of amides is 1. The first kappa shape index (κ1) is 17.7. The number of nitrogens with one attached hydrogen (secondary N) is 2. The molecule has 9 heteroatoms. The molecule has 2 N–H and O–H groups in total. The van der Waals surface area contributed by atoms with Crippen LogP contribution in [0.4, 0.5) is 18.9 Å². The summed E-state index contributed by atoms with van der Waals surface area (Å²) in [6.07, 6.45) is -3.55. The van der Waals surface area contributed by atoms with E-state index in [1.165, 1.54) is 23.1 Å². The summed E-state index contributed by atoms with van der Waals surface area (Å²) >= 11 is 0. The largest absolute Gasteiger partial charge is 0.418 e. The Labute approximate surface area is 136 Å². The Balaban J connectivity index is 1.94. The zero-order valence-corrected chi connectivity index (χ0v) is 12.5. The van der Waals surface area contributed by atoms with Crippen LogP contribution >= 0.6 is 0 Å². The summed E-state index contributed by atoms with van der Waals surface area (Å²) in [6, 6.07) is 6.10. The molecule has 0 bridgehead atoms. The average Bonchev–Trinajstić information content (AvgIpc) is 2.98. The summed E-state index contributed by atoms with van der Waals surface area (Å²) in [6.45, 7) is -0.169. The maximum absolute atomic E-state index is 12.8. The molecule has 1 saturated heterocycles. The molecule has 1 aliphatic rings. The fourth-order valence-electron chi connectivity index (χ4n) is 2.52. The van der Waals surface area contributed by atoms with Gasteiger partial charge in [-0.3, -0.25) is 4.79 Å². The molecule has 24 heavy (non-hydrogen) atoms. The SMILES string of the molecule is N#CC1CC(C=O)CN1C(=O)CNNc1ccccc1C(F)(F)F. The highest BCUT2D eigenvalue weighted by Gasteiger charge is 2.35. The highest BCUT2D eigenvalue weighted by Crippen LogP contribution is 2.34. The van der Waals surface area contributed by atoms with Crippen molar-refractivity contribution in [1.29, 1.82) is 5.26 Å². The van der Waals surface area contributed by atoms with Gasteiger partial charge in [0.15, 0.2) is 0 Å². The van der Waals surface area contributed by atoms with E-state index in [0.29, 0.717) is 6.29 Å². The number of para-hydroxylation sites is 1. The number of carbonyl (C=O) groups excluding carboxylic acids is 2. The lowest BCUT2D eigenvalue weighted by Gasteiger charge is -2.20. The van der Waals surface area contributed by atoms with Crippen molar-refractivity contribution in [3.63, 3.8) is 0 Å². The fourth-order valence-corrected chi connectivity index (χ4v) is 2.52. The van der Waals surface area contributed by atoms with E-state index >= 15 is 0 Å². The predicted octanol–water partition coefficient (Wildman–Crippen LogP) is 1.56. The van der Waals surface area contributed by atoms with Crippen LogP contribution in [0, 0.1) is 17.2 Å². The van der Waals surface area contributed by atoms with Crippen LogP contribution in [0.15, 0.2) is 24.3 Å². The summed E-state index contributed by atoms with van der Waals surface area (Å²) in [5.74, 6) is -0.861. The Morgan fingerprint density at radius 3 is 2.75 bits per heavy atom. The zero-order chi connectivity index (χ0) is 17.7. The highest BCUT2D eigenvalue weighted by molar-refractivity contribution is 5.80. The monoisotopic (exact) mass is 340 g/mol. The van der Waals surface area contributed by atoms with Gasteiger partial charge >= 0.3 is 6.18 Å². The first-order valence-corrected chi connectivity index (χ1v) is 7.16. The van der Waals surface area contributed by atoms with E-state index in [9.17, 15) is 22.8 Å². The van der Waals surface area contributed by atoms with E-state index in [1.807, 2.05) is 6.07 Å². The molecule has 2 atom stereocenters. The Morgan fingerprint density at radius 2 is 2.12 bits per heavy atom. The minimum atomic E-state index is -4.52. The van der Waals surface area contributed by atoms with Crippen molar-refractivity contribution in [3.8, 4) is 6.07 Å². The fraction of sp³-hybridized carbons (Fsp3) is 0.400. The number of carbonyl (C=O) groups is 2. The molecule has 2 unspecified atom stereocenters. The molecule has 1 aliphatic heterocycles. The zero-order valence-electron chi connectivity index (χ0n) is 12.5. The molecule has 0 spiro atoms. The topological polar surface area (TPSA) is 85.2 Å². The standard InChI is InChI=1S/C15H15F3N4O2/c16-15(17,18)12-3-1-2-4-13(12)21-20-7-14(24)22-8-10(9-23)5-11(22)6-19/h1-4,9-11,20-21H,5,7-8H2. The Bertz CT molecular complexity index is 657. The molecule has 1 heterocycles. The molecule has 6 nitrogen and oxygen atoms in total.